The van der Waals surface area contributed by atoms with Crippen molar-refractivity contribution >= 4 is 34.1 Å². The van der Waals surface area contributed by atoms with Crippen LogP contribution in [-0.4, -0.2) is 33.0 Å². The van der Waals surface area contributed by atoms with Gasteiger partial charge in [-0.05, 0) is 54.1 Å². The van der Waals surface area contributed by atoms with E-state index in [1.165, 1.54) is 11.8 Å². The van der Waals surface area contributed by atoms with Crippen molar-refractivity contribution < 1.29 is 9.53 Å². The van der Waals surface area contributed by atoms with Crippen molar-refractivity contribution in [3.63, 3.8) is 0 Å². The number of hydrogen-bond donors (Lipinski definition) is 1. The van der Waals surface area contributed by atoms with Gasteiger partial charge in [0.2, 0.25) is 5.91 Å². The topological polar surface area (TPSA) is 69.0 Å². The zero-order valence-corrected chi connectivity index (χ0v) is 17.8. The molecule has 0 fully saturated rings. The number of carbonyl (C=O) groups excluding carboxylic acids is 1. The van der Waals surface area contributed by atoms with Crippen molar-refractivity contribution in [2.24, 2.45) is 7.05 Å². The highest BCUT2D eigenvalue weighted by atomic mass is 32.2. The summed E-state index contributed by atoms with van der Waals surface area (Å²) < 4.78 is 7.10. The Hall–Kier alpha value is -3.32. The highest BCUT2D eigenvalue weighted by molar-refractivity contribution is 8.00. The minimum atomic E-state index is -0.330. The molecule has 0 saturated heterocycles. The molecule has 0 aliphatic carbocycles. The number of fused-ring (bicyclic) bond motifs is 1. The number of aromatic nitrogens is 3. The lowest BCUT2D eigenvalue weighted by Crippen LogP contribution is -2.22. The first-order valence-electron chi connectivity index (χ1n) is 9.55. The van der Waals surface area contributed by atoms with Gasteiger partial charge in [-0.25, -0.2) is 0 Å². The number of hydrogen-bond acceptors (Lipinski definition) is 5. The molecule has 7 heteroatoms. The number of carbonyl (C=O) groups is 1. The molecule has 1 unspecified atom stereocenters. The molecule has 1 aromatic heterocycles. The van der Waals surface area contributed by atoms with E-state index >= 15 is 0 Å². The van der Waals surface area contributed by atoms with Crippen LogP contribution in [0.1, 0.15) is 6.92 Å². The smallest absolute Gasteiger partial charge is 0.237 e. The predicted octanol–water partition coefficient (Wildman–Crippen LogP) is 4.76. The number of nitrogens with zero attached hydrogens (tertiary/aromatic N) is 3. The Labute approximate surface area is 179 Å². The van der Waals surface area contributed by atoms with Gasteiger partial charge in [0, 0.05) is 18.3 Å². The lowest BCUT2D eigenvalue weighted by Gasteiger charge is -2.12. The third-order valence-corrected chi connectivity index (χ3v) is 5.99. The van der Waals surface area contributed by atoms with E-state index in [-0.39, 0.29) is 11.2 Å². The van der Waals surface area contributed by atoms with Gasteiger partial charge < -0.3 is 14.6 Å². The molecule has 30 heavy (non-hydrogen) atoms. The van der Waals surface area contributed by atoms with Gasteiger partial charge in [0.25, 0.3) is 0 Å². The average molecular weight is 419 g/mol. The van der Waals surface area contributed by atoms with E-state index in [9.17, 15) is 4.79 Å². The first kappa shape index (κ1) is 20.0. The largest absolute Gasteiger partial charge is 0.497 e. The zero-order valence-electron chi connectivity index (χ0n) is 17.0. The molecule has 0 bridgehead atoms. The van der Waals surface area contributed by atoms with Crippen molar-refractivity contribution in [3.8, 4) is 17.1 Å². The predicted molar refractivity (Wildman–Crippen MR) is 121 cm³/mol. The summed E-state index contributed by atoms with van der Waals surface area (Å²) in [7, 11) is 3.53. The van der Waals surface area contributed by atoms with Crippen LogP contribution in [0.25, 0.3) is 22.2 Å². The molecule has 4 aromatic rings. The molecule has 152 valence electrons. The maximum Gasteiger partial charge on any atom is 0.237 e. The number of methoxy groups -OCH3 is 1. The maximum absolute atomic E-state index is 12.7. The number of ether oxygens (including phenoxy) is 1. The second kappa shape index (κ2) is 8.59. The summed E-state index contributed by atoms with van der Waals surface area (Å²) in [6.45, 7) is 1.86. The van der Waals surface area contributed by atoms with Gasteiger partial charge in [0.05, 0.1) is 12.4 Å². The van der Waals surface area contributed by atoms with Crippen molar-refractivity contribution in [3.05, 3.63) is 66.7 Å². The van der Waals surface area contributed by atoms with Crippen LogP contribution in [-0.2, 0) is 11.8 Å². The second-order valence-corrected chi connectivity index (χ2v) is 8.21. The van der Waals surface area contributed by atoms with Crippen LogP contribution in [0.4, 0.5) is 5.69 Å². The number of thioether (sulfide) groups is 1. The van der Waals surface area contributed by atoms with E-state index in [0.717, 1.165) is 33.6 Å². The molecule has 6 nitrogen and oxygen atoms in total. The lowest BCUT2D eigenvalue weighted by atomic mass is 10.1. The quantitative estimate of drug-likeness (QED) is 0.457. The van der Waals surface area contributed by atoms with Gasteiger partial charge in [0.15, 0.2) is 11.0 Å². The molecule has 1 heterocycles. The summed E-state index contributed by atoms with van der Waals surface area (Å²) in [4.78, 5) is 12.7. The van der Waals surface area contributed by atoms with E-state index in [1.54, 1.807) is 7.11 Å². The fourth-order valence-electron chi connectivity index (χ4n) is 3.13. The zero-order chi connectivity index (χ0) is 21.1. The Morgan fingerprint density at radius 1 is 1.03 bits per heavy atom. The molecule has 0 spiro atoms. The molecule has 3 aromatic carbocycles. The van der Waals surface area contributed by atoms with Crippen LogP contribution < -0.4 is 10.1 Å². The van der Waals surface area contributed by atoms with Gasteiger partial charge in [-0.15, -0.1) is 10.2 Å². The Kier molecular flexibility index (Phi) is 5.72. The van der Waals surface area contributed by atoms with Crippen LogP contribution >= 0.6 is 11.8 Å². The standard InChI is InChI=1S/C23H22N4O2S/c1-15(22(28)24-19-11-8-16-6-4-5-7-18(16)14-19)30-23-26-25-21(27(23)2)17-9-12-20(29-3)13-10-17/h4-15H,1-3H3,(H,24,28). The maximum atomic E-state index is 12.7. The van der Waals surface area contributed by atoms with Gasteiger partial charge in [0.1, 0.15) is 5.75 Å². The first-order valence-corrected chi connectivity index (χ1v) is 10.4. The highest BCUT2D eigenvalue weighted by Crippen LogP contribution is 2.27. The van der Waals surface area contributed by atoms with Crippen LogP contribution in [0, 0.1) is 0 Å². The lowest BCUT2D eigenvalue weighted by molar-refractivity contribution is -0.115. The van der Waals surface area contributed by atoms with Crippen molar-refractivity contribution in [2.75, 3.05) is 12.4 Å². The molecule has 1 atom stereocenters. The summed E-state index contributed by atoms with van der Waals surface area (Å²) in [5, 5.41) is 14.1. The number of anilines is 1. The van der Waals surface area contributed by atoms with Crippen molar-refractivity contribution in [1.29, 1.82) is 0 Å². The molecular formula is C23H22N4O2S. The Balaban J connectivity index is 1.45. The fraction of sp³-hybridized carbons (Fsp3) is 0.174. The minimum Gasteiger partial charge on any atom is -0.497 e. The molecular weight excluding hydrogens is 396 g/mol. The van der Waals surface area contributed by atoms with Crippen LogP contribution in [0.5, 0.6) is 5.75 Å². The molecule has 0 aliphatic rings. The number of benzene rings is 3. The summed E-state index contributed by atoms with van der Waals surface area (Å²) in [5.74, 6) is 1.45. The van der Waals surface area contributed by atoms with Crippen molar-refractivity contribution in [1.82, 2.24) is 14.8 Å². The average Bonchev–Trinajstić information content (AvgIpc) is 3.13. The van der Waals surface area contributed by atoms with E-state index in [2.05, 4.69) is 15.5 Å². The Bertz CT molecular complexity index is 1190. The third-order valence-electron chi connectivity index (χ3n) is 4.85. The van der Waals surface area contributed by atoms with Gasteiger partial charge in [-0.3, -0.25) is 4.79 Å². The van der Waals surface area contributed by atoms with E-state index in [4.69, 9.17) is 4.74 Å². The molecule has 0 aliphatic heterocycles. The van der Waals surface area contributed by atoms with Gasteiger partial charge >= 0.3 is 0 Å². The molecule has 0 saturated carbocycles. The summed E-state index contributed by atoms with van der Waals surface area (Å²) in [6.07, 6.45) is 0. The highest BCUT2D eigenvalue weighted by Gasteiger charge is 2.19. The minimum absolute atomic E-state index is 0.0794. The van der Waals surface area contributed by atoms with Crippen LogP contribution in [0.3, 0.4) is 0 Å². The molecule has 0 radical (unpaired) electrons. The van der Waals surface area contributed by atoms with E-state index < -0.39 is 0 Å². The second-order valence-electron chi connectivity index (χ2n) is 6.90. The van der Waals surface area contributed by atoms with Crippen LogP contribution in [0.15, 0.2) is 71.9 Å². The van der Waals surface area contributed by atoms with Gasteiger partial charge in [-0.1, -0.05) is 42.1 Å². The summed E-state index contributed by atoms with van der Waals surface area (Å²) in [5.41, 5.74) is 1.72. The number of rotatable bonds is 6. The number of nitrogens with one attached hydrogen (secondary N) is 1. The van der Waals surface area contributed by atoms with E-state index in [0.29, 0.717) is 5.16 Å². The molecule has 4 rings (SSSR count). The molecule has 1 N–H and O–H groups in total. The number of amides is 1. The molecule has 1 amide bonds. The Morgan fingerprint density at radius 2 is 1.77 bits per heavy atom. The van der Waals surface area contributed by atoms with Gasteiger partial charge in [-0.2, -0.15) is 0 Å². The van der Waals surface area contributed by atoms with Crippen LogP contribution in [0.2, 0.25) is 0 Å². The first-order chi connectivity index (χ1) is 14.5. The summed E-state index contributed by atoms with van der Waals surface area (Å²) >= 11 is 1.38. The summed E-state index contributed by atoms with van der Waals surface area (Å²) in [6, 6.07) is 21.6. The van der Waals surface area contributed by atoms with Crippen molar-refractivity contribution in [2.45, 2.75) is 17.3 Å². The Morgan fingerprint density at radius 3 is 2.50 bits per heavy atom. The monoisotopic (exact) mass is 418 g/mol. The SMILES string of the molecule is COc1ccc(-c2nnc(SC(C)C(=O)Nc3ccc4ccccc4c3)n2C)cc1. The normalized spacial score (nSPS) is 12.0. The third kappa shape index (κ3) is 4.16. The fourth-order valence-corrected chi connectivity index (χ4v) is 3.95. The van der Waals surface area contributed by atoms with E-state index in [1.807, 2.05) is 85.3 Å².